The first-order chi connectivity index (χ1) is 8.75. The fourth-order valence-electron chi connectivity index (χ4n) is 2.32. The van der Waals surface area contributed by atoms with E-state index >= 15 is 0 Å². The van der Waals surface area contributed by atoms with Crippen molar-refractivity contribution >= 4 is 23.0 Å². The van der Waals surface area contributed by atoms with Gasteiger partial charge in [-0.2, -0.15) is 0 Å². The molecule has 90 valence electrons. The van der Waals surface area contributed by atoms with Gasteiger partial charge in [0.15, 0.2) is 0 Å². The maximum absolute atomic E-state index is 6.00. The second-order valence-corrected chi connectivity index (χ2v) is 4.77. The number of anilines is 1. The minimum Gasteiger partial charge on any atom is -0.340 e. The summed E-state index contributed by atoms with van der Waals surface area (Å²) in [6.45, 7) is 5.10. The van der Waals surface area contributed by atoms with Crippen LogP contribution in [0.2, 0.25) is 5.02 Å². The second kappa shape index (κ2) is 4.46. The molecule has 0 saturated heterocycles. The SMILES string of the molecule is C=C(c1cc(Cl)ccn1)N1CCc2ccccc21. The number of benzene rings is 1. The minimum atomic E-state index is 0.689. The highest BCUT2D eigenvalue weighted by atomic mass is 35.5. The van der Waals surface area contributed by atoms with Crippen molar-refractivity contribution in [2.24, 2.45) is 0 Å². The van der Waals surface area contributed by atoms with E-state index in [4.69, 9.17) is 11.6 Å². The Hall–Kier alpha value is -1.80. The molecule has 0 amide bonds. The number of fused-ring (bicyclic) bond motifs is 1. The molecule has 0 radical (unpaired) electrons. The number of hydrogen-bond donors (Lipinski definition) is 0. The molecular formula is C15H13ClN2. The zero-order valence-corrected chi connectivity index (χ0v) is 10.7. The van der Waals surface area contributed by atoms with Crippen LogP contribution in [0.3, 0.4) is 0 Å². The summed E-state index contributed by atoms with van der Waals surface area (Å²) in [5, 5.41) is 0.689. The third kappa shape index (κ3) is 1.89. The molecule has 0 fully saturated rings. The third-order valence-corrected chi connectivity index (χ3v) is 3.47. The topological polar surface area (TPSA) is 16.1 Å². The van der Waals surface area contributed by atoms with Gasteiger partial charge >= 0.3 is 0 Å². The Morgan fingerprint density at radius 1 is 1.28 bits per heavy atom. The Morgan fingerprint density at radius 2 is 2.11 bits per heavy atom. The highest BCUT2D eigenvalue weighted by molar-refractivity contribution is 6.30. The van der Waals surface area contributed by atoms with E-state index in [1.807, 2.05) is 6.07 Å². The van der Waals surface area contributed by atoms with Crippen LogP contribution < -0.4 is 4.90 Å². The maximum atomic E-state index is 6.00. The normalized spacial score (nSPS) is 13.5. The number of hydrogen-bond acceptors (Lipinski definition) is 2. The zero-order valence-electron chi connectivity index (χ0n) is 9.94. The fraction of sp³-hybridized carbons (Fsp3) is 0.133. The standard InChI is InChI=1S/C15H13ClN2/c1-11(14-10-13(16)6-8-17-14)18-9-7-12-4-2-3-5-15(12)18/h2-6,8,10H,1,7,9H2. The molecule has 0 N–H and O–H groups in total. The van der Waals surface area contributed by atoms with Crippen molar-refractivity contribution in [2.45, 2.75) is 6.42 Å². The van der Waals surface area contributed by atoms with Gasteiger partial charge in [-0.3, -0.25) is 4.98 Å². The Labute approximate surface area is 112 Å². The van der Waals surface area contributed by atoms with E-state index in [2.05, 4.69) is 40.7 Å². The molecule has 1 aliphatic rings. The Kier molecular flexibility index (Phi) is 2.80. The largest absolute Gasteiger partial charge is 0.340 e. The van der Waals surface area contributed by atoms with Gasteiger partial charge in [0.2, 0.25) is 0 Å². The van der Waals surface area contributed by atoms with E-state index in [0.29, 0.717) is 5.02 Å². The van der Waals surface area contributed by atoms with Crippen molar-refractivity contribution in [3.63, 3.8) is 0 Å². The highest BCUT2D eigenvalue weighted by Crippen LogP contribution is 2.33. The first-order valence-corrected chi connectivity index (χ1v) is 6.30. The van der Waals surface area contributed by atoms with E-state index in [9.17, 15) is 0 Å². The van der Waals surface area contributed by atoms with Crippen LogP contribution in [0.25, 0.3) is 5.70 Å². The molecule has 0 unspecified atom stereocenters. The number of pyridine rings is 1. The molecular weight excluding hydrogens is 244 g/mol. The lowest BCUT2D eigenvalue weighted by Crippen LogP contribution is -2.18. The van der Waals surface area contributed by atoms with Crippen LogP contribution in [0, 0.1) is 0 Å². The van der Waals surface area contributed by atoms with Crippen molar-refractivity contribution in [2.75, 3.05) is 11.4 Å². The Bertz CT molecular complexity index is 607. The molecule has 18 heavy (non-hydrogen) atoms. The van der Waals surface area contributed by atoms with Gasteiger partial charge in [0.1, 0.15) is 0 Å². The van der Waals surface area contributed by atoms with Crippen molar-refractivity contribution in [1.82, 2.24) is 4.98 Å². The van der Waals surface area contributed by atoms with Gasteiger partial charge in [0.25, 0.3) is 0 Å². The summed E-state index contributed by atoms with van der Waals surface area (Å²) in [6.07, 6.45) is 2.76. The summed E-state index contributed by atoms with van der Waals surface area (Å²) in [5.41, 5.74) is 4.33. The van der Waals surface area contributed by atoms with Crippen LogP contribution in [-0.2, 0) is 6.42 Å². The third-order valence-electron chi connectivity index (χ3n) is 3.23. The predicted octanol–water partition coefficient (Wildman–Crippen LogP) is 3.77. The van der Waals surface area contributed by atoms with Crippen molar-refractivity contribution in [3.05, 3.63) is 65.5 Å². The van der Waals surface area contributed by atoms with Crippen LogP contribution in [-0.4, -0.2) is 11.5 Å². The van der Waals surface area contributed by atoms with Crippen molar-refractivity contribution in [1.29, 1.82) is 0 Å². The molecule has 0 aliphatic carbocycles. The first kappa shape index (κ1) is 11.3. The lowest BCUT2D eigenvalue weighted by molar-refractivity contribution is 0.998. The lowest BCUT2D eigenvalue weighted by Gasteiger charge is -2.21. The van der Waals surface area contributed by atoms with E-state index in [1.165, 1.54) is 11.3 Å². The molecule has 1 aromatic heterocycles. The second-order valence-electron chi connectivity index (χ2n) is 4.34. The van der Waals surface area contributed by atoms with Crippen LogP contribution in [0.15, 0.2) is 49.2 Å². The summed E-state index contributed by atoms with van der Waals surface area (Å²) in [4.78, 5) is 6.53. The summed E-state index contributed by atoms with van der Waals surface area (Å²) in [6, 6.07) is 12.0. The van der Waals surface area contributed by atoms with E-state index in [1.54, 1.807) is 12.3 Å². The van der Waals surface area contributed by atoms with Crippen LogP contribution in [0.4, 0.5) is 5.69 Å². The average Bonchev–Trinajstić information content (AvgIpc) is 2.82. The Balaban J connectivity index is 1.96. The molecule has 2 aromatic rings. The smallest absolute Gasteiger partial charge is 0.0875 e. The molecule has 3 heteroatoms. The molecule has 2 heterocycles. The molecule has 0 bridgehead atoms. The molecule has 0 spiro atoms. The summed E-state index contributed by atoms with van der Waals surface area (Å²) in [5.74, 6) is 0. The molecule has 1 aromatic carbocycles. The quantitative estimate of drug-likeness (QED) is 0.813. The molecule has 3 rings (SSSR count). The maximum Gasteiger partial charge on any atom is 0.0875 e. The van der Waals surface area contributed by atoms with Crippen LogP contribution in [0.1, 0.15) is 11.3 Å². The highest BCUT2D eigenvalue weighted by Gasteiger charge is 2.21. The first-order valence-electron chi connectivity index (χ1n) is 5.92. The molecule has 2 nitrogen and oxygen atoms in total. The van der Waals surface area contributed by atoms with Gasteiger partial charge in [-0.1, -0.05) is 36.4 Å². The molecule has 0 saturated carbocycles. The lowest BCUT2D eigenvalue weighted by atomic mass is 10.2. The number of halogens is 1. The predicted molar refractivity (Wildman–Crippen MR) is 75.8 cm³/mol. The van der Waals surface area contributed by atoms with Crippen LogP contribution >= 0.6 is 11.6 Å². The zero-order chi connectivity index (χ0) is 12.5. The molecule has 1 aliphatic heterocycles. The summed E-state index contributed by atoms with van der Waals surface area (Å²) < 4.78 is 0. The van der Waals surface area contributed by atoms with Gasteiger partial charge < -0.3 is 4.90 Å². The monoisotopic (exact) mass is 256 g/mol. The van der Waals surface area contributed by atoms with Crippen molar-refractivity contribution < 1.29 is 0 Å². The van der Waals surface area contributed by atoms with Gasteiger partial charge in [0, 0.05) is 23.5 Å². The van der Waals surface area contributed by atoms with E-state index in [0.717, 1.165) is 24.4 Å². The summed E-state index contributed by atoms with van der Waals surface area (Å²) in [7, 11) is 0. The van der Waals surface area contributed by atoms with Crippen molar-refractivity contribution in [3.8, 4) is 0 Å². The fourth-order valence-corrected chi connectivity index (χ4v) is 2.48. The van der Waals surface area contributed by atoms with Gasteiger partial charge in [-0.05, 0) is 30.2 Å². The number of nitrogens with zero attached hydrogens (tertiary/aromatic N) is 2. The summed E-state index contributed by atoms with van der Waals surface area (Å²) >= 11 is 6.00. The number of para-hydroxylation sites is 1. The van der Waals surface area contributed by atoms with Gasteiger partial charge in [0.05, 0.1) is 11.4 Å². The van der Waals surface area contributed by atoms with Gasteiger partial charge in [-0.25, -0.2) is 0 Å². The number of rotatable bonds is 2. The van der Waals surface area contributed by atoms with Crippen LogP contribution in [0.5, 0.6) is 0 Å². The molecule has 0 atom stereocenters. The minimum absolute atomic E-state index is 0.689. The van der Waals surface area contributed by atoms with E-state index < -0.39 is 0 Å². The Morgan fingerprint density at radius 3 is 2.94 bits per heavy atom. The van der Waals surface area contributed by atoms with E-state index in [-0.39, 0.29) is 0 Å². The number of aromatic nitrogens is 1. The average molecular weight is 257 g/mol. The van der Waals surface area contributed by atoms with Gasteiger partial charge in [-0.15, -0.1) is 0 Å².